The molecule has 1 aliphatic carbocycles. The van der Waals surface area contributed by atoms with Gasteiger partial charge < -0.3 is 20.1 Å². The highest BCUT2D eigenvalue weighted by atomic mass is 16.5. The standard InChI is InChI=1S/C27H32N2O5/c1-3-8-24(25(30)29-14-13-18(26(31)32)15-17(29)2)28-27(33)34-16-23-21-11-6-4-9-19(21)20-10-5-7-12-22(20)23/h4-7,9-12,17-18,23-24H,3,8,13-16H2,1-2H3,(H,28,33)(H,31,32)/t17-,18-,24?/m1/s1. The van der Waals surface area contributed by atoms with Crippen molar-refractivity contribution in [2.24, 2.45) is 5.92 Å². The molecule has 1 saturated heterocycles. The molecule has 34 heavy (non-hydrogen) atoms. The van der Waals surface area contributed by atoms with Crippen LogP contribution in [0.2, 0.25) is 0 Å². The number of carbonyl (C=O) groups excluding carboxylic acids is 2. The lowest BCUT2D eigenvalue weighted by Gasteiger charge is -2.38. The third-order valence-electron chi connectivity index (χ3n) is 7.02. The average Bonchev–Trinajstić information content (AvgIpc) is 3.15. The molecule has 2 aromatic rings. The van der Waals surface area contributed by atoms with Crippen molar-refractivity contribution in [2.45, 2.75) is 57.5 Å². The van der Waals surface area contributed by atoms with Crippen molar-refractivity contribution in [2.75, 3.05) is 13.2 Å². The van der Waals surface area contributed by atoms with E-state index in [-0.39, 0.29) is 24.5 Å². The van der Waals surface area contributed by atoms with Gasteiger partial charge in [0.05, 0.1) is 5.92 Å². The smallest absolute Gasteiger partial charge is 0.407 e. The molecule has 1 unspecified atom stereocenters. The van der Waals surface area contributed by atoms with Crippen LogP contribution in [0.5, 0.6) is 0 Å². The number of ether oxygens (including phenoxy) is 1. The number of alkyl carbamates (subject to hydrolysis) is 1. The summed E-state index contributed by atoms with van der Waals surface area (Å²) in [7, 11) is 0. The second kappa shape index (κ2) is 10.3. The minimum Gasteiger partial charge on any atom is -0.481 e. The highest BCUT2D eigenvalue weighted by Crippen LogP contribution is 2.44. The zero-order chi connectivity index (χ0) is 24.2. The number of likely N-dealkylation sites (tertiary alicyclic amines) is 1. The molecule has 0 radical (unpaired) electrons. The van der Waals surface area contributed by atoms with Gasteiger partial charge in [-0.05, 0) is 48.4 Å². The fourth-order valence-electron chi connectivity index (χ4n) is 5.25. The first-order valence-corrected chi connectivity index (χ1v) is 12.1. The van der Waals surface area contributed by atoms with Crippen LogP contribution in [0.1, 0.15) is 56.6 Å². The number of piperidine rings is 1. The summed E-state index contributed by atoms with van der Waals surface area (Å²) in [6.45, 7) is 4.39. The van der Waals surface area contributed by atoms with Crippen molar-refractivity contribution < 1.29 is 24.2 Å². The molecule has 0 saturated carbocycles. The second-order valence-electron chi connectivity index (χ2n) is 9.25. The SMILES string of the molecule is CCCC(NC(=O)OCC1c2ccccc2-c2ccccc21)C(=O)N1CC[C@@H](C(=O)O)C[C@H]1C. The number of hydrogen-bond acceptors (Lipinski definition) is 4. The van der Waals surface area contributed by atoms with Gasteiger partial charge in [0.1, 0.15) is 12.6 Å². The Balaban J connectivity index is 1.39. The predicted octanol–water partition coefficient (Wildman–Crippen LogP) is 4.41. The van der Waals surface area contributed by atoms with E-state index in [2.05, 4.69) is 29.6 Å². The van der Waals surface area contributed by atoms with Crippen molar-refractivity contribution in [1.29, 1.82) is 0 Å². The number of hydrogen-bond donors (Lipinski definition) is 2. The van der Waals surface area contributed by atoms with Crippen LogP contribution in [-0.4, -0.2) is 53.2 Å². The van der Waals surface area contributed by atoms with Crippen molar-refractivity contribution >= 4 is 18.0 Å². The Morgan fingerprint density at radius 1 is 1.09 bits per heavy atom. The molecule has 2 aromatic carbocycles. The highest BCUT2D eigenvalue weighted by molar-refractivity contribution is 5.86. The minimum atomic E-state index is -0.819. The summed E-state index contributed by atoms with van der Waals surface area (Å²) in [6.07, 6.45) is 1.45. The molecule has 1 aliphatic heterocycles. The molecule has 2 N–H and O–H groups in total. The number of rotatable bonds is 7. The van der Waals surface area contributed by atoms with Gasteiger partial charge in [-0.15, -0.1) is 0 Å². The van der Waals surface area contributed by atoms with Crippen LogP contribution in [0.4, 0.5) is 4.79 Å². The Hall–Kier alpha value is -3.35. The van der Waals surface area contributed by atoms with Crippen LogP contribution in [0.15, 0.2) is 48.5 Å². The van der Waals surface area contributed by atoms with Gasteiger partial charge in [0.25, 0.3) is 0 Å². The van der Waals surface area contributed by atoms with Gasteiger partial charge in [-0.25, -0.2) is 4.79 Å². The van der Waals surface area contributed by atoms with E-state index < -0.39 is 24.0 Å². The van der Waals surface area contributed by atoms with E-state index >= 15 is 0 Å². The highest BCUT2D eigenvalue weighted by Gasteiger charge is 2.36. The maximum atomic E-state index is 13.2. The molecule has 4 rings (SSSR count). The molecule has 7 nitrogen and oxygen atoms in total. The summed E-state index contributed by atoms with van der Waals surface area (Å²) in [5, 5.41) is 12.1. The van der Waals surface area contributed by atoms with E-state index in [1.807, 2.05) is 38.1 Å². The zero-order valence-electron chi connectivity index (χ0n) is 19.7. The Kier molecular flexibility index (Phi) is 7.20. The van der Waals surface area contributed by atoms with Crippen LogP contribution in [0.25, 0.3) is 11.1 Å². The predicted molar refractivity (Wildman–Crippen MR) is 128 cm³/mol. The summed E-state index contributed by atoms with van der Waals surface area (Å²) >= 11 is 0. The molecule has 180 valence electrons. The summed E-state index contributed by atoms with van der Waals surface area (Å²) in [4.78, 5) is 39.0. The Bertz CT molecular complexity index is 1020. The summed E-state index contributed by atoms with van der Waals surface area (Å²) in [6, 6.07) is 15.4. The van der Waals surface area contributed by atoms with Gasteiger partial charge in [-0.1, -0.05) is 61.9 Å². The number of benzene rings is 2. The van der Waals surface area contributed by atoms with Crippen LogP contribution >= 0.6 is 0 Å². The van der Waals surface area contributed by atoms with E-state index in [0.717, 1.165) is 28.7 Å². The molecule has 1 fully saturated rings. The van der Waals surface area contributed by atoms with Crippen LogP contribution in [-0.2, 0) is 14.3 Å². The molecular formula is C27H32N2O5. The Morgan fingerprint density at radius 2 is 1.71 bits per heavy atom. The number of fused-ring (bicyclic) bond motifs is 3. The first kappa shape index (κ1) is 23.8. The summed E-state index contributed by atoms with van der Waals surface area (Å²) < 4.78 is 5.63. The molecule has 2 aliphatic rings. The lowest BCUT2D eigenvalue weighted by molar-refractivity contribution is -0.148. The second-order valence-corrected chi connectivity index (χ2v) is 9.25. The van der Waals surface area contributed by atoms with Crippen molar-refractivity contribution in [3.05, 3.63) is 59.7 Å². The Morgan fingerprint density at radius 3 is 2.26 bits per heavy atom. The number of nitrogens with one attached hydrogen (secondary N) is 1. The van der Waals surface area contributed by atoms with Crippen LogP contribution in [0.3, 0.4) is 0 Å². The van der Waals surface area contributed by atoms with E-state index in [9.17, 15) is 19.5 Å². The van der Waals surface area contributed by atoms with Gasteiger partial charge in [-0.3, -0.25) is 9.59 Å². The number of nitrogens with zero attached hydrogens (tertiary/aromatic N) is 1. The van der Waals surface area contributed by atoms with Crippen molar-refractivity contribution in [3.63, 3.8) is 0 Å². The van der Waals surface area contributed by atoms with Gasteiger partial charge in [0, 0.05) is 18.5 Å². The maximum absolute atomic E-state index is 13.2. The normalized spacial score (nSPS) is 20.2. The minimum absolute atomic E-state index is 0.0476. The third-order valence-corrected chi connectivity index (χ3v) is 7.02. The number of aliphatic carboxylic acids is 1. The quantitative estimate of drug-likeness (QED) is 0.633. The zero-order valence-corrected chi connectivity index (χ0v) is 19.7. The summed E-state index contributed by atoms with van der Waals surface area (Å²) in [5.41, 5.74) is 4.58. The Labute approximate surface area is 200 Å². The van der Waals surface area contributed by atoms with E-state index in [1.54, 1.807) is 4.90 Å². The molecule has 7 heteroatoms. The van der Waals surface area contributed by atoms with Gasteiger partial charge in [-0.2, -0.15) is 0 Å². The molecule has 0 spiro atoms. The third kappa shape index (κ3) is 4.79. The number of amides is 2. The van der Waals surface area contributed by atoms with Gasteiger partial charge in [0.15, 0.2) is 0 Å². The monoisotopic (exact) mass is 464 g/mol. The maximum Gasteiger partial charge on any atom is 0.407 e. The lowest BCUT2D eigenvalue weighted by atomic mass is 9.91. The molecule has 3 atom stereocenters. The molecule has 0 bridgehead atoms. The van der Waals surface area contributed by atoms with E-state index in [4.69, 9.17) is 4.74 Å². The molecule has 1 heterocycles. The number of carboxylic acids is 1. The van der Waals surface area contributed by atoms with E-state index in [1.165, 1.54) is 0 Å². The number of carbonyl (C=O) groups is 3. The first-order valence-electron chi connectivity index (χ1n) is 12.1. The molecule has 2 amide bonds. The molecule has 0 aromatic heterocycles. The number of carboxylic acid groups (broad SMARTS) is 1. The van der Waals surface area contributed by atoms with Crippen LogP contribution in [0, 0.1) is 5.92 Å². The van der Waals surface area contributed by atoms with E-state index in [0.29, 0.717) is 25.8 Å². The topological polar surface area (TPSA) is 95.9 Å². The van der Waals surface area contributed by atoms with Crippen molar-refractivity contribution in [1.82, 2.24) is 10.2 Å². The van der Waals surface area contributed by atoms with Crippen molar-refractivity contribution in [3.8, 4) is 11.1 Å². The average molecular weight is 465 g/mol. The first-order chi connectivity index (χ1) is 16.4. The molecular weight excluding hydrogens is 432 g/mol. The van der Waals surface area contributed by atoms with Gasteiger partial charge >= 0.3 is 12.1 Å². The van der Waals surface area contributed by atoms with Crippen LogP contribution < -0.4 is 5.32 Å². The fourth-order valence-corrected chi connectivity index (χ4v) is 5.25. The van der Waals surface area contributed by atoms with Gasteiger partial charge in [0.2, 0.25) is 5.91 Å². The largest absolute Gasteiger partial charge is 0.481 e. The fraction of sp³-hybridized carbons (Fsp3) is 0.444. The summed E-state index contributed by atoms with van der Waals surface area (Å²) in [5.74, 6) is -1.47. The lowest BCUT2D eigenvalue weighted by Crippen LogP contribution is -2.54.